The number of hydrogen-bond donors (Lipinski definition) is 2. The van der Waals surface area contributed by atoms with E-state index in [9.17, 15) is 9.59 Å². The summed E-state index contributed by atoms with van der Waals surface area (Å²) >= 11 is 6.30. The molecule has 7 nitrogen and oxygen atoms in total. The summed E-state index contributed by atoms with van der Waals surface area (Å²) in [5.74, 6) is 1.45. The van der Waals surface area contributed by atoms with Gasteiger partial charge in [-0.25, -0.2) is 4.79 Å². The van der Waals surface area contributed by atoms with Gasteiger partial charge < -0.3 is 20.1 Å². The molecule has 0 unspecified atom stereocenters. The second-order valence-corrected chi connectivity index (χ2v) is 7.06. The van der Waals surface area contributed by atoms with Crippen LogP contribution in [0.15, 0.2) is 42.6 Å². The third kappa shape index (κ3) is 4.25. The van der Waals surface area contributed by atoms with Crippen LogP contribution in [0.4, 0.5) is 10.5 Å². The maximum absolute atomic E-state index is 11.9. The minimum atomic E-state index is -0.279. The fourth-order valence-corrected chi connectivity index (χ4v) is 3.10. The molecule has 0 bridgehead atoms. The van der Waals surface area contributed by atoms with Gasteiger partial charge in [0.05, 0.1) is 28.9 Å². The Kier molecular flexibility index (Phi) is 5.22. The summed E-state index contributed by atoms with van der Waals surface area (Å²) in [5.41, 5.74) is 1.52. The summed E-state index contributed by atoms with van der Waals surface area (Å²) in [6.07, 6.45) is 4.34. The highest BCUT2D eigenvalue weighted by Crippen LogP contribution is 2.35. The number of pyridine rings is 1. The zero-order chi connectivity index (χ0) is 20.4. The van der Waals surface area contributed by atoms with Gasteiger partial charge in [0.2, 0.25) is 0 Å². The van der Waals surface area contributed by atoms with E-state index in [4.69, 9.17) is 21.1 Å². The zero-order valence-corrected chi connectivity index (χ0v) is 16.3. The zero-order valence-electron chi connectivity index (χ0n) is 15.6. The van der Waals surface area contributed by atoms with Crippen LogP contribution in [0.25, 0.3) is 10.9 Å². The normalized spacial score (nSPS) is 13.0. The van der Waals surface area contributed by atoms with Crippen LogP contribution in [0, 0.1) is 0 Å². The van der Waals surface area contributed by atoms with Gasteiger partial charge in [0.15, 0.2) is 6.29 Å². The molecule has 1 fully saturated rings. The number of aldehydes is 1. The second-order valence-electron chi connectivity index (χ2n) is 6.65. The van der Waals surface area contributed by atoms with Crippen LogP contribution in [0.1, 0.15) is 23.2 Å². The lowest BCUT2D eigenvalue weighted by Crippen LogP contribution is -2.30. The van der Waals surface area contributed by atoms with Crippen molar-refractivity contribution < 1.29 is 19.1 Å². The van der Waals surface area contributed by atoms with Crippen LogP contribution in [0.2, 0.25) is 5.02 Å². The summed E-state index contributed by atoms with van der Waals surface area (Å²) in [5, 5.41) is 6.58. The summed E-state index contributed by atoms with van der Waals surface area (Å²) in [7, 11) is 1.50. The van der Waals surface area contributed by atoms with Crippen LogP contribution in [0.5, 0.6) is 17.2 Å². The van der Waals surface area contributed by atoms with Crippen LogP contribution >= 0.6 is 11.6 Å². The molecular weight excluding hydrogens is 394 g/mol. The van der Waals surface area contributed by atoms with Crippen LogP contribution in [0.3, 0.4) is 0 Å². The molecule has 8 heteroatoms. The standard InChI is InChI=1S/C21H18ClN3O4/c1-28-20-10-18-15(8-12(20)11-26)19(6-7-23-18)29-14-4-5-17(16(22)9-14)25-21(27)24-13-2-3-13/h4-11,13H,2-3H2,1H3,(H2,24,25,27). The predicted octanol–water partition coefficient (Wildman–Crippen LogP) is 4.79. The third-order valence-corrected chi connectivity index (χ3v) is 4.82. The lowest BCUT2D eigenvalue weighted by Gasteiger charge is -2.13. The molecule has 2 N–H and O–H groups in total. The number of fused-ring (bicyclic) bond motifs is 1. The Hall–Kier alpha value is -3.32. The first-order chi connectivity index (χ1) is 14.1. The van der Waals surface area contributed by atoms with E-state index in [0.29, 0.717) is 44.4 Å². The van der Waals surface area contributed by atoms with Crippen molar-refractivity contribution in [3.8, 4) is 17.2 Å². The number of rotatable bonds is 6. The highest BCUT2D eigenvalue weighted by molar-refractivity contribution is 6.33. The number of ether oxygens (including phenoxy) is 2. The molecule has 29 heavy (non-hydrogen) atoms. The molecular formula is C21H18ClN3O4. The number of carbonyl (C=O) groups is 2. The topological polar surface area (TPSA) is 89.6 Å². The molecule has 2 aromatic carbocycles. The van der Waals surface area contributed by atoms with Crippen LogP contribution in [-0.4, -0.2) is 30.5 Å². The number of urea groups is 1. The number of anilines is 1. The van der Waals surface area contributed by atoms with Crippen molar-refractivity contribution in [2.75, 3.05) is 12.4 Å². The SMILES string of the molecule is COc1cc2nccc(Oc3ccc(NC(=O)NC4CC4)c(Cl)c3)c2cc1C=O. The van der Waals surface area contributed by atoms with Crippen molar-refractivity contribution in [3.05, 3.63) is 53.2 Å². The van der Waals surface area contributed by atoms with Crippen LogP contribution in [-0.2, 0) is 0 Å². The van der Waals surface area contributed by atoms with Crippen molar-refractivity contribution in [2.24, 2.45) is 0 Å². The molecule has 1 aromatic heterocycles. The number of benzene rings is 2. The Labute approximate surface area is 172 Å². The van der Waals surface area contributed by atoms with E-state index >= 15 is 0 Å². The van der Waals surface area contributed by atoms with Crippen molar-refractivity contribution >= 4 is 40.5 Å². The number of nitrogens with zero attached hydrogens (tertiary/aromatic N) is 1. The van der Waals surface area contributed by atoms with Gasteiger partial charge in [-0.1, -0.05) is 11.6 Å². The van der Waals surface area contributed by atoms with Gasteiger partial charge in [0.1, 0.15) is 17.2 Å². The molecule has 0 saturated heterocycles. The maximum Gasteiger partial charge on any atom is 0.319 e. The number of carbonyl (C=O) groups excluding carboxylic acids is 2. The number of amides is 2. The molecule has 0 aliphatic heterocycles. The molecule has 0 radical (unpaired) electrons. The number of nitrogens with one attached hydrogen (secondary N) is 2. The fourth-order valence-electron chi connectivity index (χ4n) is 2.88. The van der Waals surface area contributed by atoms with Crippen molar-refractivity contribution in [1.29, 1.82) is 0 Å². The van der Waals surface area contributed by atoms with Crippen LogP contribution < -0.4 is 20.1 Å². The van der Waals surface area contributed by atoms with Gasteiger partial charge in [0, 0.05) is 29.8 Å². The first-order valence-corrected chi connectivity index (χ1v) is 9.42. The number of methoxy groups -OCH3 is 1. The van der Waals surface area contributed by atoms with Gasteiger partial charge >= 0.3 is 6.03 Å². The van der Waals surface area contributed by atoms with E-state index < -0.39 is 0 Å². The Morgan fingerprint density at radius 1 is 1.21 bits per heavy atom. The van der Waals surface area contributed by atoms with E-state index in [0.717, 1.165) is 19.1 Å². The lowest BCUT2D eigenvalue weighted by molar-refractivity contribution is 0.112. The van der Waals surface area contributed by atoms with E-state index in [1.807, 2.05) is 0 Å². The van der Waals surface area contributed by atoms with Gasteiger partial charge in [-0.2, -0.15) is 0 Å². The molecule has 0 atom stereocenters. The minimum absolute atomic E-state index is 0.256. The smallest absolute Gasteiger partial charge is 0.319 e. The van der Waals surface area contributed by atoms with Crippen molar-refractivity contribution in [2.45, 2.75) is 18.9 Å². The van der Waals surface area contributed by atoms with Gasteiger partial charge in [-0.15, -0.1) is 0 Å². The van der Waals surface area contributed by atoms with Gasteiger partial charge in [0.25, 0.3) is 0 Å². The van der Waals surface area contributed by atoms with Crippen molar-refractivity contribution in [1.82, 2.24) is 10.3 Å². The number of hydrogen-bond acceptors (Lipinski definition) is 5. The average molecular weight is 412 g/mol. The molecule has 1 heterocycles. The Morgan fingerprint density at radius 3 is 2.72 bits per heavy atom. The Morgan fingerprint density at radius 2 is 2.03 bits per heavy atom. The maximum atomic E-state index is 11.9. The summed E-state index contributed by atoms with van der Waals surface area (Å²) in [6, 6.07) is 10.0. The monoisotopic (exact) mass is 411 g/mol. The first-order valence-electron chi connectivity index (χ1n) is 9.04. The molecule has 1 saturated carbocycles. The quantitative estimate of drug-likeness (QED) is 0.569. The van der Waals surface area contributed by atoms with Gasteiger partial charge in [-0.05, 0) is 37.1 Å². The second kappa shape index (κ2) is 7.97. The third-order valence-electron chi connectivity index (χ3n) is 4.51. The molecule has 3 aromatic rings. The van der Waals surface area contributed by atoms with E-state index in [2.05, 4.69) is 15.6 Å². The molecule has 2 amide bonds. The van der Waals surface area contributed by atoms with E-state index in [1.54, 1.807) is 42.6 Å². The van der Waals surface area contributed by atoms with E-state index in [1.165, 1.54) is 7.11 Å². The summed E-state index contributed by atoms with van der Waals surface area (Å²) in [6.45, 7) is 0. The summed E-state index contributed by atoms with van der Waals surface area (Å²) in [4.78, 5) is 27.5. The molecule has 0 spiro atoms. The highest BCUT2D eigenvalue weighted by atomic mass is 35.5. The molecule has 1 aliphatic carbocycles. The minimum Gasteiger partial charge on any atom is -0.496 e. The summed E-state index contributed by atoms with van der Waals surface area (Å²) < 4.78 is 11.2. The fraction of sp³-hybridized carbons (Fsp3) is 0.190. The largest absolute Gasteiger partial charge is 0.496 e. The Bertz CT molecular complexity index is 1100. The average Bonchev–Trinajstić information content (AvgIpc) is 3.53. The molecule has 148 valence electrons. The Balaban J connectivity index is 1.58. The van der Waals surface area contributed by atoms with Crippen molar-refractivity contribution in [3.63, 3.8) is 0 Å². The molecule has 1 aliphatic rings. The predicted molar refractivity (Wildman–Crippen MR) is 110 cm³/mol. The number of halogens is 1. The highest BCUT2D eigenvalue weighted by Gasteiger charge is 2.23. The van der Waals surface area contributed by atoms with Gasteiger partial charge in [-0.3, -0.25) is 9.78 Å². The van der Waals surface area contributed by atoms with E-state index in [-0.39, 0.29) is 12.1 Å². The first kappa shape index (κ1) is 19.0. The lowest BCUT2D eigenvalue weighted by atomic mass is 10.1. The number of aromatic nitrogens is 1. The molecule has 4 rings (SSSR count).